The summed E-state index contributed by atoms with van der Waals surface area (Å²) in [5.74, 6) is 5.02. The zero-order chi connectivity index (χ0) is 14.3. The van der Waals surface area contributed by atoms with Crippen LogP contribution in [0.5, 0.6) is 0 Å². The van der Waals surface area contributed by atoms with E-state index in [0.29, 0.717) is 18.7 Å². The van der Waals surface area contributed by atoms with Crippen LogP contribution in [-0.4, -0.2) is 43.4 Å². The van der Waals surface area contributed by atoms with Gasteiger partial charge in [0.05, 0.1) is 6.61 Å². The number of likely N-dealkylation sites (N-methyl/N-ethyl adjacent to an activating group) is 1. The summed E-state index contributed by atoms with van der Waals surface area (Å²) in [4.78, 5) is 2.11. The number of hydrogen-bond acceptors (Lipinski definition) is 3. The van der Waals surface area contributed by atoms with Gasteiger partial charge in [0.1, 0.15) is 12.4 Å². The van der Waals surface area contributed by atoms with Gasteiger partial charge in [-0.05, 0) is 31.7 Å². The summed E-state index contributed by atoms with van der Waals surface area (Å²) < 4.78 is 18.3. The molecule has 0 aliphatic carbocycles. The summed E-state index contributed by atoms with van der Waals surface area (Å²) in [5, 5.41) is 8.73. The van der Waals surface area contributed by atoms with Crippen LogP contribution in [0.1, 0.15) is 18.1 Å². The van der Waals surface area contributed by atoms with E-state index in [1.807, 2.05) is 7.05 Å². The lowest BCUT2D eigenvalue weighted by atomic mass is 10.1. The predicted molar refractivity (Wildman–Crippen MR) is 73.2 cm³/mol. The fourth-order valence-corrected chi connectivity index (χ4v) is 1.73. The maximum absolute atomic E-state index is 13.2. The molecule has 0 saturated heterocycles. The molecule has 1 aromatic carbocycles. The van der Waals surface area contributed by atoms with Crippen LogP contribution in [0, 0.1) is 17.7 Å². The zero-order valence-electron chi connectivity index (χ0n) is 11.6. The van der Waals surface area contributed by atoms with Gasteiger partial charge in [0, 0.05) is 25.3 Å². The predicted octanol–water partition coefficient (Wildman–Crippen LogP) is 1.64. The first kappa shape index (κ1) is 15.6. The molecule has 104 valence electrons. The van der Waals surface area contributed by atoms with Crippen molar-refractivity contribution >= 4 is 0 Å². The number of rotatable bonds is 5. The normalized spacial score (nSPS) is 12.1. The third kappa shape index (κ3) is 4.99. The average Bonchev–Trinajstić information content (AvgIpc) is 2.39. The molecule has 1 unspecified atom stereocenters. The fraction of sp³-hybridized carbons (Fsp3) is 0.467. The van der Waals surface area contributed by atoms with E-state index in [0.717, 1.165) is 5.56 Å². The molecule has 0 aliphatic rings. The Balaban J connectivity index is 2.87. The van der Waals surface area contributed by atoms with Gasteiger partial charge in [-0.15, -0.1) is 0 Å². The molecule has 0 fully saturated rings. The quantitative estimate of drug-likeness (QED) is 0.822. The maximum Gasteiger partial charge on any atom is 0.124 e. The fourth-order valence-electron chi connectivity index (χ4n) is 1.73. The molecule has 0 aromatic heterocycles. The Kier molecular flexibility index (Phi) is 6.51. The van der Waals surface area contributed by atoms with Gasteiger partial charge in [-0.25, -0.2) is 4.39 Å². The minimum absolute atomic E-state index is 0.230. The van der Waals surface area contributed by atoms with Crippen molar-refractivity contribution in [2.45, 2.75) is 19.5 Å². The molecule has 0 bridgehead atoms. The van der Waals surface area contributed by atoms with E-state index in [-0.39, 0.29) is 18.5 Å². The van der Waals surface area contributed by atoms with Gasteiger partial charge in [-0.2, -0.15) is 0 Å². The molecule has 0 saturated carbocycles. The molecule has 1 aromatic rings. The number of nitrogens with zero attached hydrogens (tertiary/aromatic N) is 1. The summed E-state index contributed by atoms with van der Waals surface area (Å²) in [6, 6.07) is 4.81. The largest absolute Gasteiger partial charge is 0.384 e. The molecular formula is C15H20FNO2. The van der Waals surface area contributed by atoms with Gasteiger partial charge < -0.3 is 9.84 Å². The second-order valence-electron chi connectivity index (χ2n) is 4.48. The van der Waals surface area contributed by atoms with Crippen molar-refractivity contribution in [2.75, 3.05) is 27.4 Å². The summed E-state index contributed by atoms with van der Waals surface area (Å²) in [7, 11) is 3.65. The van der Waals surface area contributed by atoms with Crippen molar-refractivity contribution < 1.29 is 14.2 Å². The highest BCUT2D eigenvalue weighted by molar-refractivity contribution is 5.41. The Morgan fingerprint density at radius 3 is 2.84 bits per heavy atom. The van der Waals surface area contributed by atoms with Gasteiger partial charge in [0.25, 0.3) is 0 Å². The number of hydrogen-bond donors (Lipinski definition) is 1. The first-order valence-electron chi connectivity index (χ1n) is 6.15. The SMILES string of the molecule is COCC(C)N(C)Cc1ccc(F)cc1C#CCO. The first-order valence-corrected chi connectivity index (χ1v) is 6.15. The third-order valence-electron chi connectivity index (χ3n) is 2.95. The number of methoxy groups -OCH3 is 1. The Morgan fingerprint density at radius 1 is 1.47 bits per heavy atom. The highest BCUT2D eigenvalue weighted by atomic mass is 19.1. The Bertz CT molecular complexity index is 465. The molecule has 0 heterocycles. The maximum atomic E-state index is 13.2. The van der Waals surface area contributed by atoms with Crippen molar-refractivity contribution in [3.63, 3.8) is 0 Å². The van der Waals surface area contributed by atoms with Crippen LogP contribution in [0.4, 0.5) is 4.39 Å². The van der Waals surface area contributed by atoms with Gasteiger partial charge in [-0.1, -0.05) is 17.9 Å². The molecule has 0 amide bonds. The van der Waals surface area contributed by atoms with E-state index >= 15 is 0 Å². The van der Waals surface area contributed by atoms with Crippen molar-refractivity contribution in [3.05, 3.63) is 35.1 Å². The zero-order valence-corrected chi connectivity index (χ0v) is 11.6. The summed E-state index contributed by atoms with van der Waals surface area (Å²) in [5.41, 5.74) is 1.55. The van der Waals surface area contributed by atoms with E-state index < -0.39 is 0 Å². The van der Waals surface area contributed by atoms with Crippen molar-refractivity contribution in [1.29, 1.82) is 0 Å². The van der Waals surface area contributed by atoms with Crippen LogP contribution >= 0.6 is 0 Å². The molecule has 1 rings (SSSR count). The average molecular weight is 265 g/mol. The lowest BCUT2D eigenvalue weighted by molar-refractivity contribution is 0.112. The van der Waals surface area contributed by atoms with Crippen LogP contribution < -0.4 is 0 Å². The molecule has 0 spiro atoms. The van der Waals surface area contributed by atoms with Crippen LogP contribution in [0.3, 0.4) is 0 Å². The second-order valence-corrected chi connectivity index (χ2v) is 4.48. The minimum Gasteiger partial charge on any atom is -0.384 e. The Hall–Kier alpha value is -1.41. The van der Waals surface area contributed by atoms with Crippen molar-refractivity contribution in [2.24, 2.45) is 0 Å². The molecule has 0 aliphatic heterocycles. The molecule has 0 radical (unpaired) electrons. The van der Waals surface area contributed by atoms with E-state index in [2.05, 4.69) is 23.7 Å². The second kappa shape index (κ2) is 7.90. The van der Waals surface area contributed by atoms with E-state index in [1.54, 1.807) is 13.2 Å². The van der Waals surface area contributed by atoms with Crippen LogP contribution in [0.25, 0.3) is 0 Å². The summed E-state index contributed by atoms with van der Waals surface area (Å²) >= 11 is 0. The lowest BCUT2D eigenvalue weighted by Crippen LogP contribution is -2.32. The first-order chi connectivity index (χ1) is 9.08. The van der Waals surface area contributed by atoms with Crippen LogP contribution in [-0.2, 0) is 11.3 Å². The lowest BCUT2D eigenvalue weighted by Gasteiger charge is -2.24. The minimum atomic E-state index is -0.321. The van der Waals surface area contributed by atoms with Crippen LogP contribution in [0.2, 0.25) is 0 Å². The Morgan fingerprint density at radius 2 is 2.21 bits per heavy atom. The van der Waals surface area contributed by atoms with E-state index in [1.165, 1.54) is 12.1 Å². The van der Waals surface area contributed by atoms with Crippen LogP contribution in [0.15, 0.2) is 18.2 Å². The van der Waals surface area contributed by atoms with E-state index in [9.17, 15) is 4.39 Å². The van der Waals surface area contributed by atoms with E-state index in [4.69, 9.17) is 9.84 Å². The van der Waals surface area contributed by atoms with Gasteiger partial charge in [0.2, 0.25) is 0 Å². The smallest absolute Gasteiger partial charge is 0.124 e. The van der Waals surface area contributed by atoms with Crippen molar-refractivity contribution in [3.8, 4) is 11.8 Å². The monoisotopic (exact) mass is 265 g/mol. The standard InChI is InChI=1S/C15H20FNO2/c1-12(11-19-3)17(2)10-14-6-7-15(16)9-13(14)5-4-8-18/h6-7,9,12,18H,8,10-11H2,1-3H3. The number of ether oxygens (including phenoxy) is 1. The number of aliphatic hydroxyl groups excluding tert-OH is 1. The molecule has 19 heavy (non-hydrogen) atoms. The topological polar surface area (TPSA) is 32.7 Å². The highest BCUT2D eigenvalue weighted by Crippen LogP contribution is 2.14. The molecule has 1 N–H and O–H groups in total. The molecular weight excluding hydrogens is 245 g/mol. The van der Waals surface area contributed by atoms with Gasteiger partial charge >= 0.3 is 0 Å². The van der Waals surface area contributed by atoms with Crippen molar-refractivity contribution in [1.82, 2.24) is 4.90 Å². The highest BCUT2D eigenvalue weighted by Gasteiger charge is 2.11. The number of halogens is 1. The summed E-state index contributed by atoms with van der Waals surface area (Å²) in [6.07, 6.45) is 0. The Labute approximate surface area is 114 Å². The summed E-state index contributed by atoms with van der Waals surface area (Å²) in [6.45, 7) is 3.12. The third-order valence-corrected chi connectivity index (χ3v) is 2.95. The molecule has 3 nitrogen and oxygen atoms in total. The molecule has 4 heteroatoms. The number of aliphatic hydroxyl groups is 1. The number of benzene rings is 1. The molecule has 1 atom stereocenters. The van der Waals surface area contributed by atoms with Gasteiger partial charge in [0.15, 0.2) is 0 Å². The van der Waals surface area contributed by atoms with Gasteiger partial charge in [-0.3, -0.25) is 4.90 Å².